The van der Waals surface area contributed by atoms with Crippen LogP contribution in [0.3, 0.4) is 0 Å². The van der Waals surface area contributed by atoms with Crippen LogP contribution in [-0.2, 0) is 13.2 Å². The number of nitrogens with one attached hydrogen (secondary N) is 1. The Morgan fingerprint density at radius 1 is 1.35 bits per heavy atom. The topological polar surface area (TPSA) is 34.4 Å². The van der Waals surface area contributed by atoms with Gasteiger partial charge in [0.05, 0.1) is 11.3 Å². The highest BCUT2D eigenvalue weighted by Crippen LogP contribution is 2.29. The molecule has 0 saturated heterocycles. The van der Waals surface area contributed by atoms with Crippen molar-refractivity contribution in [1.82, 2.24) is 5.32 Å². The van der Waals surface area contributed by atoms with Crippen molar-refractivity contribution < 1.29 is 9.15 Å². The molecule has 108 valence electrons. The zero-order valence-electron chi connectivity index (χ0n) is 11.5. The lowest BCUT2D eigenvalue weighted by Crippen LogP contribution is -2.22. The number of hydrogen-bond acceptors (Lipinski definition) is 3. The molecule has 1 aromatic heterocycles. The second kappa shape index (κ2) is 7.16. The number of halogens is 2. The molecule has 0 bridgehead atoms. The van der Waals surface area contributed by atoms with Gasteiger partial charge in [-0.15, -0.1) is 0 Å². The van der Waals surface area contributed by atoms with E-state index in [2.05, 4.69) is 35.1 Å². The summed E-state index contributed by atoms with van der Waals surface area (Å²) in [5, 5.41) is 3.94. The minimum atomic E-state index is 0.359. The largest absolute Gasteiger partial charge is 0.484 e. The Kier molecular flexibility index (Phi) is 5.52. The molecular formula is C15H17BrClNO2. The minimum absolute atomic E-state index is 0.359. The zero-order chi connectivity index (χ0) is 14.5. The van der Waals surface area contributed by atoms with Crippen LogP contribution in [0.2, 0.25) is 5.02 Å². The Morgan fingerprint density at radius 3 is 2.90 bits per heavy atom. The first-order chi connectivity index (χ1) is 9.56. The summed E-state index contributed by atoms with van der Waals surface area (Å²) in [5.41, 5.74) is 1.10. The second-order valence-corrected chi connectivity index (χ2v) is 6.09. The van der Waals surface area contributed by atoms with E-state index in [-0.39, 0.29) is 0 Å². The summed E-state index contributed by atoms with van der Waals surface area (Å²) in [4.78, 5) is 0. The van der Waals surface area contributed by atoms with Crippen molar-refractivity contribution in [1.29, 1.82) is 0 Å². The van der Waals surface area contributed by atoms with Crippen LogP contribution in [0, 0.1) is 0 Å². The highest BCUT2D eigenvalue weighted by molar-refractivity contribution is 9.10. The monoisotopic (exact) mass is 357 g/mol. The number of furan rings is 1. The third-order valence-corrected chi connectivity index (χ3v) is 3.60. The summed E-state index contributed by atoms with van der Waals surface area (Å²) in [7, 11) is 0. The summed E-state index contributed by atoms with van der Waals surface area (Å²) < 4.78 is 12.1. The molecule has 0 saturated carbocycles. The molecule has 0 radical (unpaired) electrons. The average molecular weight is 359 g/mol. The standard InChI is InChI=1S/C15H17BrClNO2/c1-10(2)18-8-11-5-6-19-15(11)9-20-14-7-12(16)3-4-13(14)17/h3-7,10,18H,8-9H2,1-2H3. The molecule has 1 N–H and O–H groups in total. The van der Waals surface area contributed by atoms with Gasteiger partial charge in [0, 0.05) is 22.6 Å². The number of ether oxygens (including phenoxy) is 1. The third kappa shape index (κ3) is 4.27. The summed E-state index contributed by atoms with van der Waals surface area (Å²) in [6.45, 7) is 5.34. The molecular weight excluding hydrogens is 342 g/mol. The van der Waals surface area contributed by atoms with Gasteiger partial charge in [0.2, 0.25) is 0 Å². The third-order valence-electron chi connectivity index (χ3n) is 2.79. The van der Waals surface area contributed by atoms with E-state index in [1.807, 2.05) is 18.2 Å². The fourth-order valence-electron chi connectivity index (χ4n) is 1.70. The number of benzene rings is 1. The molecule has 1 aromatic carbocycles. The molecule has 0 amide bonds. The minimum Gasteiger partial charge on any atom is -0.484 e. The van der Waals surface area contributed by atoms with Crippen LogP contribution in [0.15, 0.2) is 39.4 Å². The fourth-order valence-corrected chi connectivity index (χ4v) is 2.21. The van der Waals surface area contributed by atoms with Gasteiger partial charge in [-0.3, -0.25) is 0 Å². The molecule has 1 heterocycles. The maximum Gasteiger partial charge on any atom is 0.146 e. The van der Waals surface area contributed by atoms with Crippen molar-refractivity contribution in [2.75, 3.05) is 0 Å². The SMILES string of the molecule is CC(C)NCc1ccoc1COc1cc(Br)ccc1Cl. The lowest BCUT2D eigenvalue weighted by molar-refractivity contribution is 0.268. The molecule has 0 aliphatic carbocycles. The first kappa shape index (κ1) is 15.4. The van der Waals surface area contributed by atoms with E-state index in [0.29, 0.717) is 23.4 Å². The van der Waals surface area contributed by atoms with E-state index in [9.17, 15) is 0 Å². The van der Waals surface area contributed by atoms with Crippen molar-refractivity contribution >= 4 is 27.5 Å². The molecule has 2 rings (SSSR count). The first-order valence-electron chi connectivity index (χ1n) is 6.42. The Balaban J connectivity index is 2.00. The summed E-state index contributed by atoms with van der Waals surface area (Å²) in [6, 6.07) is 7.90. The maximum absolute atomic E-state index is 6.09. The molecule has 0 spiro atoms. The summed E-state index contributed by atoms with van der Waals surface area (Å²) in [5.74, 6) is 1.45. The van der Waals surface area contributed by atoms with Crippen molar-refractivity contribution in [2.45, 2.75) is 33.0 Å². The van der Waals surface area contributed by atoms with E-state index in [1.54, 1.807) is 12.3 Å². The van der Waals surface area contributed by atoms with Crippen LogP contribution in [0.25, 0.3) is 0 Å². The van der Waals surface area contributed by atoms with Crippen LogP contribution in [0.4, 0.5) is 0 Å². The lowest BCUT2D eigenvalue weighted by Gasteiger charge is -2.10. The van der Waals surface area contributed by atoms with Gasteiger partial charge in [-0.25, -0.2) is 0 Å². The predicted molar refractivity (Wildman–Crippen MR) is 84.2 cm³/mol. The summed E-state index contributed by atoms with van der Waals surface area (Å²) >= 11 is 9.49. The summed E-state index contributed by atoms with van der Waals surface area (Å²) in [6.07, 6.45) is 1.68. The van der Waals surface area contributed by atoms with Gasteiger partial charge >= 0.3 is 0 Å². The van der Waals surface area contributed by atoms with Gasteiger partial charge in [-0.05, 0) is 24.3 Å². The normalized spacial score (nSPS) is 11.1. The number of rotatable bonds is 6. The van der Waals surface area contributed by atoms with Gasteiger partial charge in [-0.2, -0.15) is 0 Å². The highest BCUT2D eigenvalue weighted by Gasteiger charge is 2.09. The quantitative estimate of drug-likeness (QED) is 0.807. The Labute approximate surface area is 132 Å². The molecule has 2 aromatic rings. The Hall–Kier alpha value is -0.970. The smallest absolute Gasteiger partial charge is 0.146 e. The van der Waals surface area contributed by atoms with Crippen LogP contribution < -0.4 is 10.1 Å². The van der Waals surface area contributed by atoms with Crippen LogP contribution in [0.5, 0.6) is 5.75 Å². The van der Waals surface area contributed by atoms with Crippen LogP contribution in [-0.4, -0.2) is 6.04 Å². The van der Waals surface area contributed by atoms with Gasteiger partial charge in [0.25, 0.3) is 0 Å². The molecule has 3 nitrogen and oxygen atoms in total. The molecule has 0 aliphatic heterocycles. The van der Waals surface area contributed by atoms with Crippen molar-refractivity contribution in [3.8, 4) is 5.75 Å². The number of hydrogen-bond donors (Lipinski definition) is 1. The molecule has 0 atom stereocenters. The van der Waals surface area contributed by atoms with Crippen molar-refractivity contribution in [2.24, 2.45) is 0 Å². The average Bonchev–Trinajstić information content (AvgIpc) is 2.85. The highest BCUT2D eigenvalue weighted by atomic mass is 79.9. The maximum atomic E-state index is 6.09. The lowest BCUT2D eigenvalue weighted by atomic mass is 10.2. The van der Waals surface area contributed by atoms with Gasteiger partial charge < -0.3 is 14.5 Å². The molecule has 0 aliphatic rings. The first-order valence-corrected chi connectivity index (χ1v) is 7.60. The predicted octanol–water partition coefficient (Wildman–Crippen LogP) is 4.77. The van der Waals surface area contributed by atoms with E-state index in [0.717, 1.165) is 22.3 Å². The zero-order valence-corrected chi connectivity index (χ0v) is 13.8. The van der Waals surface area contributed by atoms with Gasteiger partial charge in [0.15, 0.2) is 0 Å². The van der Waals surface area contributed by atoms with Crippen molar-refractivity contribution in [3.63, 3.8) is 0 Å². The van der Waals surface area contributed by atoms with Gasteiger partial charge in [-0.1, -0.05) is 41.4 Å². The molecule has 20 heavy (non-hydrogen) atoms. The van der Waals surface area contributed by atoms with E-state index in [1.165, 1.54) is 0 Å². The van der Waals surface area contributed by atoms with Crippen LogP contribution >= 0.6 is 27.5 Å². The second-order valence-electron chi connectivity index (χ2n) is 4.77. The molecule has 0 unspecified atom stereocenters. The molecule has 0 fully saturated rings. The van der Waals surface area contributed by atoms with E-state index in [4.69, 9.17) is 20.8 Å². The van der Waals surface area contributed by atoms with Crippen LogP contribution in [0.1, 0.15) is 25.2 Å². The van der Waals surface area contributed by atoms with Gasteiger partial charge in [0.1, 0.15) is 18.1 Å². The Bertz CT molecular complexity index is 569. The molecule has 5 heteroatoms. The Morgan fingerprint density at radius 2 is 2.15 bits per heavy atom. The van der Waals surface area contributed by atoms with E-state index < -0.39 is 0 Å². The fraction of sp³-hybridized carbons (Fsp3) is 0.333. The van der Waals surface area contributed by atoms with E-state index >= 15 is 0 Å². The van der Waals surface area contributed by atoms with Crippen molar-refractivity contribution in [3.05, 3.63) is 51.3 Å².